The van der Waals surface area contributed by atoms with Gasteiger partial charge in [0.05, 0.1) is 11.8 Å². The SMILES string of the molecule is Cn1ncc(C(F)(F)C(=O)O)c1C(F)F. The summed E-state index contributed by atoms with van der Waals surface area (Å²) in [7, 11) is 1.03. The van der Waals surface area contributed by atoms with Gasteiger partial charge in [0.1, 0.15) is 5.69 Å². The summed E-state index contributed by atoms with van der Waals surface area (Å²) in [6.45, 7) is 0. The summed E-state index contributed by atoms with van der Waals surface area (Å²) in [6, 6.07) is 0. The third kappa shape index (κ3) is 1.79. The van der Waals surface area contributed by atoms with E-state index in [1.54, 1.807) is 0 Å². The molecule has 8 heteroatoms. The van der Waals surface area contributed by atoms with Crippen molar-refractivity contribution in [2.24, 2.45) is 7.05 Å². The quantitative estimate of drug-likeness (QED) is 0.795. The fourth-order valence-electron chi connectivity index (χ4n) is 1.06. The average Bonchev–Trinajstić information content (AvgIpc) is 2.47. The van der Waals surface area contributed by atoms with Gasteiger partial charge in [-0.1, -0.05) is 0 Å². The standard InChI is InChI=1S/C7H6F4N2O2/c1-13-4(5(8)9)3(2-12-13)7(10,11)6(14)15/h2,5H,1H3,(H,14,15). The molecule has 0 amide bonds. The lowest BCUT2D eigenvalue weighted by molar-refractivity contribution is -0.166. The van der Waals surface area contributed by atoms with Crippen molar-refractivity contribution in [3.63, 3.8) is 0 Å². The molecule has 0 aliphatic rings. The van der Waals surface area contributed by atoms with Crippen LogP contribution >= 0.6 is 0 Å². The smallest absolute Gasteiger partial charge is 0.379 e. The summed E-state index contributed by atoms with van der Waals surface area (Å²) in [5.74, 6) is -6.85. The highest BCUT2D eigenvalue weighted by molar-refractivity contribution is 5.77. The van der Waals surface area contributed by atoms with E-state index in [0.717, 1.165) is 7.05 Å². The number of carboxylic acid groups (broad SMARTS) is 1. The number of aryl methyl sites for hydroxylation is 1. The molecule has 4 nitrogen and oxygen atoms in total. The van der Waals surface area contributed by atoms with Crippen molar-refractivity contribution >= 4 is 5.97 Å². The molecule has 0 spiro atoms. The molecular weight excluding hydrogens is 220 g/mol. The molecule has 15 heavy (non-hydrogen) atoms. The van der Waals surface area contributed by atoms with Gasteiger partial charge in [0.15, 0.2) is 0 Å². The van der Waals surface area contributed by atoms with Gasteiger partial charge in [0.2, 0.25) is 0 Å². The Morgan fingerprint density at radius 1 is 1.60 bits per heavy atom. The molecule has 1 heterocycles. The summed E-state index contributed by atoms with van der Waals surface area (Å²) in [4.78, 5) is 10.2. The van der Waals surface area contributed by atoms with Crippen molar-refractivity contribution in [2.75, 3.05) is 0 Å². The Labute approximate surface area is 81.1 Å². The van der Waals surface area contributed by atoms with Crippen LogP contribution in [0.3, 0.4) is 0 Å². The number of alkyl halides is 4. The molecule has 0 saturated heterocycles. The molecule has 0 aliphatic heterocycles. The lowest BCUT2D eigenvalue weighted by atomic mass is 10.1. The van der Waals surface area contributed by atoms with Crippen molar-refractivity contribution in [1.82, 2.24) is 9.78 Å². The second-order valence-electron chi connectivity index (χ2n) is 2.75. The fourth-order valence-corrected chi connectivity index (χ4v) is 1.06. The Morgan fingerprint density at radius 2 is 2.13 bits per heavy atom. The number of hydrogen-bond donors (Lipinski definition) is 1. The maximum Gasteiger partial charge on any atom is 0.379 e. The number of aliphatic carboxylic acids is 1. The predicted molar refractivity (Wildman–Crippen MR) is 39.7 cm³/mol. The van der Waals surface area contributed by atoms with E-state index in [-0.39, 0.29) is 0 Å². The number of hydrogen-bond acceptors (Lipinski definition) is 2. The molecule has 0 atom stereocenters. The van der Waals surface area contributed by atoms with Crippen LogP contribution in [0.4, 0.5) is 17.6 Å². The first-order valence-electron chi connectivity index (χ1n) is 3.70. The molecule has 0 aromatic carbocycles. The van der Waals surface area contributed by atoms with Gasteiger partial charge in [0, 0.05) is 7.05 Å². The van der Waals surface area contributed by atoms with Gasteiger partial charge < -0.3 is 5.11 Å². The first-order valence-corrected chi connectivity index (χ1v) is 3.70. The van der Waals surface area contributed by atoms with Crippen molar-refractivity contribution in [1.29, 1.82) is 0 Å². The Balaban J connectivity index is 3.32. The number of nitrogens with zero attached hydrogens (tertiary/aromatic N) is 2. The van der Waals surface area contributed by atoms with E-state index in [1.807, 2.05) is 0 Å². The molecule has 0 bridgehead atoms. The third-order valence-corrected chi connectivity index (χ3v) is 1.80. The fraction of sp³-hybridized carbons (Fsp3) is 0.429. The molecular formula is C7H6F4N2O2. The van der Waals surface area contributed by atoms with Crippen LogP contribution in [-0.2, 0) is 17.8 Å². The van der Waals surface area contributed by atoms with Gasteiger partial charge >= 0.3 is 11.9 Å². The van der Waals surface area contributed by atoms with E-state index in [4.69, 9.17) is 5.11 Å². The largest absolute Gasteiger partial charge is 0.477 e. The lowest BCUT2D eigenvalue weighted by Gasteiger charge is -2.11. The minimum Gasteiger partial charge on any atom is -0.477 e. The monoisotopic (exact) mass is 226 g/mol. The lowest BCUT2D eigenvalue weighted by Crippen LogP contribution is -2.26. The topological polar surface area (TPSA) is 55.1 Å². The van der Waals surface area contributed by atoms with Crippen LogP contribution in [0.15, 0.2) is 6.20 Å². The van der Waals surface area contributed by atoms with E-state index in [9.17, 15) is 22.4 Å². The number of carbonyl (C=O) groups is 1. The second kappa shape index (κ2) is 3.52. The highest BCUT2D eigenvalue weighted by Crippen LogP contribution is 2.34. The van der Waals surface area contributed by atoms with E-state index < -0.39 is 29.6 Å². The maximum absolute atomic E-state index is 12.9. The van der Waals surface area contributed by atoms with Crippen LogP contribution in [0, 0.1) is 0 Å². The van der Waals surface area contributed by atoms with Crippen molar-refractivity contribution in [3.8, 4) is 0 Å². The first-order chi connectivity index (χ1) is 6.78. The molecule has 0 fully saturated rings. The molecule has 1 aromatic rings. The average molecular weight is 226 g/mol. The normalized spacial score (nSPS) is 12.1. The van der Waals surface area contributed by atoms with Gasteiger partial charge in [-0.05, 0) is 0 Å². The van der Waals surface area contributed by atoms with E-state index in [2.05, 4.69) is 5.10 Å². The van der Waals surface area contributed by atoms with Gasteiger partial charge in [-0.2, -0.15) is 13.9 Å². The van der Waals surface area contributed by atoms with Crippen LogP contribution in [0.5, 0.6) is 0 Å². The second-order valence-corrected chi connectivity index (χ2v) is 2.75. The Bertz CT molecular complexity index is 388. The highest BCUT2D eigenvalue weighted by atomic mass is 19.3. The third-order valence-electron chi connectivity index (χ3n) is 1.80. The summed E-state index contributed by atoms with van der Waals surface area (Å²) in [5, 5.41) is 11.4. The Morgan fingerprint density at radius 3 is 2.53 bits per heavy atom. The minimum absolute atomic E-state index is 0.426. The van der Waals surface area contributed by atoms with E-state index in [0.29, 0.717) is 10.9 Å². The zero-order valence-electron chi connectivity index (χ0n) is 7.42. The van der Waals surface area contributed by atoms with E-state index >= 15 is 0 Å². The first kappa shape index (κ1) is 11.5. The van der Waals surface area contributed by atoms with Crippen molar-refractivity contribution in [3.05, 3.63) is 17.5 Å². The molecule has 1 aromatic heterocycles. The Kier molecular flexibility index (Phi) is 2.69. The molecule has 1 N–H and O–H groups in total. The maximum atomic E-state index is 12.9. The molecule has 84 valence electrons. The molecule has 1 rings (SSSR count). The van der Waals surface area contributed by atoms with Gasteiger partial charge in [-0.15, -0.1) is 0 Å². The highest BCUT2D eigenvalue weighted by Gasteiger charge is 2.46. The number of rotatable bonds is 3. The van der Waals surface area contributed by atoms with Crippen LogP contribution < -0.4 is 0 Å². The molecule has 0 saturated carbocycles. The van der Waals surface area contributed by atoms with Crippen LogP contribution in [0.25, 0.3) is 0 Å². The van der Waals surface area contributed by atoms with Crippen molar-refractivity contribution in [2.45, 2.75) is 12.3 Å². The summed E-state index contributed by atoms with van der Waals surface area (Å²) in [5.41, 5.74) is -2.38. The molecule has 0 unspecified atom stereocenters. The summed E-state index contributed by atoms with van der Waals surface area (Å²) < 4.78 is 51.0. The number of halogens is 4. The van der Waals surface area contributed by atoms with Gasteiger partial charge in [0.25, 0.3) is 6.43 Å². The predicted octanol–water partition coefficient (Wildman–Crippen LogP) is 1.53. The molecule has 0 aliphatic carbocycles. The van der Waals surface area contributed by atoms with Crippen LogP contribution in [0.2, 0.25) is 0 Å². The van der Waals surface area contributed by atoms with Crippen LogP contribution in [-0.4, -0.2) is 20.9 Å². The summed E-state index contributed by atoms with van der Waals surface area (Å²) in [6.07, 6.45) is -2.78. The van der Waals surface area contributed by atoms with Crippen LogP contribution in [0.1, 0.15) is 17.7 Å². The van der Waals surface area contributed by atoms with Gasteiger partial charge in [-0.3, -0.25) is 4.68 Å². The van der Waals surface area contributed by atoms with Crippen molar-refractivity contribution < 1.29 is 27.5 Å². The number of carboxylic acids is 1. The zero-order valence-corrected chi connectivity index (χ0v) is 7.42. The Hall–Kier alpha value is -1.60. The summed E-state index contributed by atoms with van der Waals surface area (Å²) >= 11 is 0. The minimum atomic E-state index is -4.36. The van der Waals surface area contributed by atoms with Gasteiger partial charge in [-0.25, -0.2) is 13.6 Å². The number of aromatic nitrogens is 2. The zero-order chi connectivity index (χ0) is 11.8. The molecule has 0 radical (unpaired) electrons. The van der Waals surface area contributed by atoms with E-state index in [1.165, 1.54) is 0 Å².